The van der Waals surface area contributed by atoms with E-state index in [4.69, 9.17) is 11.6 Å². The van der Waals surface area contributed by atoms with Crippen LogP contribution in [0.5, 0.6) is 0 Å². The van der Waals surface area contributed by atoms with Crippen LogP contribution >= 0.6 is 11.6 Å². The summed E-state index contributed by atoms with van der Waals surface area (Å²) in [6, 6.07) is 1.87. The highest BCUT2D eigenvalue weighted by molar-refractivity contribution is 6.33. The van der Waals surface area contributed by atoms with Gasteiger partial charge in [-0.1, -0.05) is 11.6 Å². The Kier molecular flexibility index (Phi) is 3.02. The van der Waals surface area contributed by atoms with Gasteiger partial charge in [-0.25, -0.2) is 9.97 Å². The number of amides is 1. The molecule has 0 aliphatic carbocycles. The summed E-state index contributed by atoms with van der Waals surface area (Å²) >= 11 is 5.99. The fourth-order valence-electron chi connectivity index (χ4n) is 1.55. The molecule has 0 unspecified atom stereocenters. The molecule has 0 aliphatic rings. The van der Waals surface area contributed by atoms with Crippen LogP contribution in [-0.4, -0.2) is 39.4 Å². The van der Waals surface area contributed by atoms with Crippen molar-refractivity contribution in [3.8, 4) is 0 Å². The number of carbonyl (C=O) groups excluding carboxylic acids is 1. The molecular formula is C11H13ClN4O. The molecule has 0 spiro atoms. The van der Waals surface area contributed by atoms with E-state index in [1.165, 1.54) is 0 Å². The molecule has 6 heteroatoms. The fourth-order valence-corrected chi connectivity index (χ4v) is 1.83. The quantitative estimate of drug-likeness (QED) is 0.761. The molecule has 2 rings (SSSR count). The van der Waals surface area contributed by atoms with Gasteiger partial charge in [-0.2, -0.15) is 0 Å². The van der Waals surface area contributed by atoms with Gasteiger partial charge in [-0.05, 0) is 13.0 Å². The Morgan fingerprint density at radius 2 is 2.24 bits per heavy atom. The van der Waals surface area contributed by atoms with Crippen molar-refractivity contribution < 1.29 is 4.79 Å². The third-order valence-corrected chi connectivity index (χ3v) is 2.76. The van der Waals surface area contributed by atoms with Crippen molar-refractivity contribution in [2.75, 3.05) is 14.1 Å². The van der Waals surface area contributed by atoms with E-state index in [1.807, 2.05) is 13.0 Å². The largest absolute Gasteiger partial charge is 0.347 e. The zero-order valence-electron chi connectivity index (χ0n) is 9.94. The zero-order chi connectivity index (χ0) is 12.6. The maximum atomic E-state index is 11.7. The normalized spacial score (nSPS) is 10.8. The molecule has 0 N–H and O–H groups in total. The predicted octanol–water partition coefficient (Wildman–Crippen LogP) is 1.48. The third kappa shape index (κ3) is 2.24. The van der Waals surface area contributed by atoms with Crippen LogP contribution in [0.25, 0.3) is 11.0 Å². The van der Waals surface area contributed by atoms with Gasteiger partial charge in [0.1, 0.15) is 12.1 Å². The van der Waals surface area contributed by atoms with E-state index in [9.17, 15) is 4.79 Å². The number of pyridine rings is 1. The number of aromatic nitrogens is 3. The first-order valence-electron chi connectivity index (χ1n) is 5.17. The maximum absolute atomic E-state index is 11.7. The number of imidazole rings is 1. The second kappa shape index (κ2) is 4.33. The summed E-state index contributed by atoms with van der Waals surface area (Å²) < 4.78 is 1.78. The van der Waals surface area contributed by atoms with Gasteiger partial charge in [0.05, 0.1) is 11.8 Å². The lowest BCUT2D eigenvalue weighted by molar-refractivity contribution is -0.129. The Balaban J connectivity index is 2.46. The van der Waals surface area contributed by atoms with Crippen molar-refractivity contribution in [1.82, 2.24) is 19.4 Å². The molecule has 0 atom stereocenters. The summed E-state index contributed by atoms with van der Waals surface area (Å²) in [5.41, 5.74) is 2.27. The Bertz CT molecular complexity index is 576. The lowest BCUT2D eigenvalue weighted by Gasteiger charge is -2.11. The van der Waals surface area contributed by atoms with E-state index in [-0.39, 0.29) is 12.5 Å². The number of hydrogen-bond acceptors (Lipinski definition) is 3. The average Bonchev–Trinajstić information content (AvgIpc) is 2.61. The molecule has 17 heavy (non-hydrogen) atoms. The van der Waals surface area contributed by atoms with Crippen LogP contribution in [0.4, 0.5) is 0 Å². The highest BCUT2D eigenvalue weighted by Gasteiger charge is 2.11. The topological polar surface area (TPSA) is 51.0 Å². The molecule has 5 nitrogen and oxygen atoms in total. The summed E-state index contributed by atoms with van der Waals surface area (Å²) in [5.74, 6) is 0.00916. The Morgan fingerprint density at radius 3 is 2.88 bits per heavy atom. The second-order valence-corrected chi connectivity index (χ2v) is 4.44. The molecule has 0 radical (unpaired) electrons. The first-order valence-corrected chi connectivity index (χ1v) is 5.55. The fraction of sp³-hybridized carbons (Fsp3) is 0.364. The number of fused-ring (bicyclic) bond motifs is 1. The average molecular weight is 253 g/mol. The van der Waals surface area contributed by atoms with Crippen LogP contribution < -0.4 is 0 Å². The number of likely N-dealkylation sites (N-methyl/N-ethyl adjacent to an activating group) is 1. The van der Waals surface area contributed by atoms with E-state index in [0.717, 1.165) is 11.2 Å². The zero-order valence-corrected chi connectivity index (χ0v) is 10.7. The van der Waals surface area contributed by atoms with Crippen LogP contribution in [0.15, 0.2) is 12.4 Å². The first kappa shape index (κ1) is 11.9. The SMILES string of the molecule is Cc1cc2c(ncn2CC(=O)N(C)C)c(Cl)n1. The van der Waals surface area contributed by atoms with Crippen LogP contribution in [0, 0.1) is 6.92 Å². The summed E-state index contributed by atoms with van der Waals surface area (Å²) in [6.45, 7) is 2.11. The summed E-state index contributed by atoms with van der Waals surface area (Å²) in [7, 11) is 3.45. The highest BCUT2D eigenvalue weighted by Crippen LogP contribution is 2.21. The molecule has 0 aromatic carbocycles. The van der Waals surface area contributed by atoms with Gasteiger partial charge in [0.25, 0.3) is 0 Å². The van der Waals surface area contributed by atoms with Gasteiger partial charge in [0.2, 0.25) is 5.91 Å². The van der Waals surface area contributed by atoms with Crippen LogP contribution in [0.2, 0.25) is 5.15 Å². The van der Waals surface area contributed by atoms with Crippen LogP contribution in [0.1, 0.15) is 5.69 Å². The summed E-state index contributed by atoms with van der Waals surface area (Å²) in [6.07, 6.45) is 1.61. The van der Waals surface area contributed by atoms with Gasteiger partial charge in [-0.3, -0.25) is 4.79 Å². The lowest BCUT2D eigenvalue weighted by atomic mass is 10.3. The monoisotopic (exact) mass is 252 g/mol. The Morgan fingerprint density at radius 1 is 1.53 bits per heavy atom. The van der Waals surface area contributed by atoms with Gasteiger partial charge < -0.3 is 9.47 Å². The van der Waals surface area contributed by atoms with E-state index in [0.29, 0.717) is 10.7 Å². The van der Waals surface area contributed by atoms with E-state index in [1.54, 1.807) is 29.9 Å². The molecule has 0 aliphatic heterocycles. The minimum Gasteiger partial charge on any atom is -0.347 e. The molecule has 2 heterocycles. The van der Waals surface area contributed by atoms with E-state index < -0.39 is 0 Å². The molecule has 0 bridgehead atoms. The molecule has 90 valence electrons. The lowest BCUT2D eigenvalue weighted by Crippen LogP contribution is -2.25. The number of carbonyl (C=O) groups is 1. The van der Waals surface area contributed by atoms with Gasteiger partial charge in [0, 0.05) is 19.8 Å². The van der Waals surface area contributed by atoms with Crippen molar-refractivity contribution in [2.24, 2.45) is 0 Å². The maximum Gasteiger partial charge on any atom is 0.242 e. The number of aryl methyl sites for hydroxylation is 1. The van der Waals surface area contributed by atoms with Crippen molar-refractivity contribution >= 4 is 28.5 Å². The smallest absolute Gasteiger partial charge is 0.242 e. The molecule has 2 aromatic heterocycles. The predicted molar refractivity (Wildman–Crippen MR) is 66.0 cm³/mol. The molecule has 0 fully saturated rings. The van der Waals surface area contributed by atoms with Crippen molar-refractivity contribution in [3.05, 3.63) is 23.2 Å². The van der Waals surface area contributed by atoms with Crippen LogP contribution in [0.3, 0.4) is 0 Å². The number of halogens is 1. The first-order chi connectivity index (χ1) is 7.99. The Labute approximate surface area is 104 Å². The van der Waals surface area contributed by atoms with Gasteiger partial charge in [-0.15, -0.1) is 0 Å². The van der Waals surface area contributed by atoms with E-state index >= 15 is 0 Å². The molecule has 0 saturated heterocycles. The van der Waals surface area contributed by atoms with Gasteiger partial charge in [0.15, 0.2) is 5.15 Å². The molecule has 2 aromatic rings. The van der Waals surface area contributed by atoms with Crippen LogP contribution in [-0.2, 0) is 11.3 Å². The van der Waals surface area contributed by atoms with Crippen molar-refractivity contribution in [1.29, 1.82) is 0 Å². The molecule has 1 amide bonds. The standard InChI is InChI=1S/C11H13ClN4O/c1-7-4-8-10(11(12)14-7)13-6-16(8)5-9(17)15(2)3/h4,6H,5H2,1-3H3. The second-order valence-electron chi connectivity index (χ2n) is 4.08. The third-order valence-electron chi connectivity index (χ3n) is 2.50. The number of nitrogens with zero attached hydrogens (tertiary/aromatic N) is 4. The summed E-state index contributed by atoms with van der Waals surface area (Å²) in [4.78, 5) is 21.5. The molecular weight excluding hydrogens is 240 g/mol. The minimum absolute atomic E-state index is 0.00916. The summed E-state index contributed by atoms with van der Waals surface area (Å²) in [5, 5.41) is 0.371. The minimum atomic E-state index is 0.00916. The van der Waals surface area contributed by atoms with Crippen molar-refractivity contribution in [2.45, 2.75) is 13.5 Å². The van der Waals surface area contributed by atoms with Crippen molar-refractivity contribution in [3.63, 3.8) is 0 Å². The number of rotatable bonds is 2. The van der Waals surface area contributed by atoms with E-state index in [2.05, 4.69) is 9.97 Å². The molecule has 0 saturated carbocycles. The Hall–Kier alpha value is -1.62. The number of hydrogen-bond donors (Lipinski definition) is 0. The highest BCUT2D eigenvalue weighted by atomic mass is 35.5. The van der Waals surface area contributed by atoms with Gasteiger partial charge >= 0.3 is 0 Å².